The average Bonchev–Trinajstić information content (AvgIpc) is 2.93. The van der Waals surface area contributed by atoms with Crippen LogP contribution in [-0.2, 0) is 26.2 Å². The summed E-state index contributed by atoms with van der Waals surface area (Å²) in [4.78, 5) is 28.9. The maximum atomic E-state index is 14.3. The number of nitrogens with zero attached hydrogens (tertiary/aromatic N) is 2. The topological polar surface area (TPSA) is 96.0 Å². The number of benzene rings is 3. The van der Waals surface area contributed by atoms with Gasteiger partial charge >= 0.3 is 0 Å². The number of hydrogen-bond donors (Lipinski definition) is 1. The number of hydrogen-bond acceptors (Lipinski definition) is 5. The van der Waals surface area contributed by atoms with Crippen molar-refractivity contribution in [2.24, 2.45) is 0 Å². The summed E-state index contributed by atoms with van der Waals surface area (Å²) >= 11 is 12.9. The highest BCUT2D eigenvalue weighted by molar-refractivity contribution is 7.92. The minimum atomic E-state index is -4.25. The summed E-state index contributed by atoms with van der Waals surface area (Å²) in [5, 5.41) is 3.51. The zero-order valence-corrected chi connectivity index (χ0v) is 26.8. The highest BCUT2D eigenvalue weighted by atomic mass is 35.5. The molecule has 0 aliphatic heterocycles. The molecule has 0 bridgehead atoms. The zero-order valence-electron chi connectivity index (χ0n) is 24.4. The Hall–Kier alpha value is -3.27. The maximum Gasteiger partial charge on any atom is 0.264 e. The van der Waals surface area contributed by atoms with E-state index in [9.17, 15) is 18.0 Å². The van der Waals surface area contributed by atoms with Crippen molar-refractivity contribution in [3.8, 4) is 5.75 Å². The first-order valence-corrected chi connectivity index (χ1v) is 15.9. The largest absolute Gasteiger partial charge is 0.492 e. The molecule has 0 aliphatic carbocycles. The first-order valence-electron chi connectivity index (χ1n) is 13.7. The second-order valence-corrected chi connectivity index (χ2v) is 12.7. The molecule has 0 unspecified atom stereocenters. The maximum absolute atomic E-state index is 14.3. The van der Waals surface area contributed by atoms with Crippen LogP contribution in [0.4, 0.5) is 5.69 Å². The number of sulfonamides is 1. The molecule has 226 valence electrons. The van der Waals surface area contributed by atoms with Crippen molar-refractivity contribution < 1.29 is 22.7 Å². The van der Waals surface area contributed by atoms with Crippen molar-refractivity contribution >= 4 is 50.7 Å². The van der Waals surface area contributed by atoms with Crippen LogP contribution in [-0.4, -0.2) is 50.4 Å². The number of halogens is 2. The molecule has 11 heteroatoms. The van der Waals surface area contributed by atoms with Crippen molar-refractivity contribution in [1.82, 2.24) is 10.2 Å². The minimum Gasteiger partial charge on any atom is -0.492 e. The number of anilines is 1. The van der Waals surface area contributed by atoms with Gasteiger partial charge in [0.05, 0.1) is 17.2 Å². The van der Waals surface area contributed by atoms with Gasteiger partial charge in [-0.3, -0.25) is 13.9 Å². The van der Waals surface area contributed by atoms with Crippen LogP contribution in [0.25, 0.3) is 0 Å². The molecule has 42 heavy (non-hydrogen) atoms. The smallest absolute Gasteiger partial charge is 0.264 e. The third-order valence-corrected chi connectivity index (χ3v) is 9.01. The van der Waals surface area contributed by atoms with Gasteiger partial charge in [-0.15, -0.1) is 0 Å². The van der Waals surface area contributed by atoms with E-state index in [1.54, 1.807) is 68.4 Å². The minimum absolute atomic E-state index is 0.0116. The van der Waals surface area contributed by atoms with E-state index in [2.05, 4.69) is 5.32 Å². The van der Waals surface area contributed by atoms with Crippen LogP contribution in [0.15, 0.2) is 71.6 Å². The van der Waals surface area contributed by atoms with Crippen LogP contribution in [0.1, 0.15) is 45.2 Å². The molecule has 1 N–H and O–H groups in total. The predicted molar refractivity (Wildman–Crippen MR) is 168 cm³/mol. The van der Waals surface area contributed by atoms with Gasteiger partial charge in [0.15, 0.2) is 0 Å². The standard InChI is InChI=1S/C31H37Cl2N3O5S/c1-6-27(31(38)34-21(3)4)35(19-24-25(32)11-10-12-26(24)33)30(37)20-36(28-13-8-9-14-29(28)41-7-2)42(39,40)23-17-15-22(5)16-18-23/h8-18,21,27H,6-7,19-20H2,1-5H3,(H,34,38)/t27-/m1/s1. The van der Waals surface area contributed by atoms with Gasteiger partial charge in [-0.25, -0.2) is 8.42 Å². The molecule has 0 heterocycles. The molecule has 0 spiro atoms. The van der Waals surface area contributed by atoms with Gasteiger partial charge in [0, 0.05) is 28.2 Å². The molecule has 0 radical (unpaired) electrons. The lowest BCUT2D eigenvalue weighted by molar-refractivity contribution is -0.140. The van der Waals surface area contributed by atoms with Crippen LogP contribution in [0.2, 0.25) is 10.0 Å². The summed E-state index contributed by atoms with van der Waals surface area (Å²) < 4.78 is 35.0. The van der Waals surface area contributed by atoms with Crippen molar-refractivity contribution in [2.75, 3.05) is 17.5 Å². The summed E-state index contributed by atoms with van der Waals surface area (Å²) in [5.74, 6) is -0.681. The Bertz CT molecular complexity index is 1480. The summed E-state index contributed by atoms with van der Waals surface area (Å²) in [6.07, 6.45) is 0.270. The number of para-hydroxylation sites is 2. The third kappa shape index (κ3) is 7.96. The van der Waals surface area contributed by atoms with Gasteiger partial charge < -0.3 is 15.0 Å². The third-order valence-electron chi connectivity index (χ3n) is 6.53. The monoisotopic (exact) mass is 633 g/mol. The Morgan fingerprint density at radius 2 is 1.55 bits per heavy atom. The van der Waals surface area contributed by atoms with E-state index in [1.807, 2.05) is 20.8 Å². The molecule has 3 aromatic carbocycles. The van der Waals surface area contributed by atoms with Crippen LogP contribution in [0, 0.1) is 6.92 Å². The molecule has 3 aromatic rings. The van der Waals surface area contributed by atoms with E-state index >= 15 is 0 Å². The van der Waals surface area contributed by atoms with E-state index in [4.69, 9.17) is 27.9 Å². The molecule has 0 fully saturated rings. The van der Waals surface area contributed by atoms with Crippen LogP contribution in [0.3, 0.4) is 0 Å². The summed E-state index contributed by atoms with van der Waals surface area (Å²) in [6.45, 7) is 8.64. The molecule has 1 atom stereocenters. The summed E-state index contributed by atoms with van der Waals surface area (Å²) in [7, 11) is -4.25. The Kier molecular flexibility index (Phi) is 11.7. The van der Waals surface area contributed by atoms with E-state index in [0.29, 0.717) is 21.4 Å². The number of ether oxygens (including phenoxy) is 1. The van der Waals surface area contributed by atoms with E-state index < -0.39 is 28.5 Å². The Morgan fingerprint density at radius 1 is 0.929 bits per heavy atom. The second-order valence-electron chi connectivity index (χ2n) is 10.0. The number of nitrogens with one attached hydrogen (secondary N) is 1. The molecule has 8 nitrogen and oxygen atoms in total. The van der Waals surface area contributed by atoms with Crippen molar-refractivity contribution in [3.05, 3.63) is 87.9 Å². The van der Waals surface area contributed by atoms with Crippen LogP contribution >= 0.6 is 23.2 Å². The first-order chi connectivity index (χ1) is 19.9. The van der Waals surface area contributed by atoms with Crippen molar-refractivity contribution in [3.63, 3.8) is 0 Å². The van der Waals surface area contributed by atoms with Crippen LogP contribution < -0.4 is 14.4 Å². The molecule has 0 saturated carbocycles. The fourth-order valence-electron chi connectivity index (χ4n) is 4.45. The highest BCUT2D eigenvalue weighted by Gasteiger charge is 2.35. The summed E-state index contributed by atoms with van der Waals surface area (Å²) in [6, 6.07) is 16.9. The lowest BCUT2D eigenvalue weighted by atomic mass is 10.1. The Morgan fingerprint density at radius 3 is 2.12 bits per heavy atom. The van der Waals surface area contributed by atoms with Gasteiger partial charge in [-0.2, -0.15) is 0 Å². The lowest BCUT2D eigenvalue weighted by Crippen LogP contribution is -2.53. The van der Waals surface area contributed by atoms with E-state index in [-0.39, 0.29) is 42.1 Å². The lowest BCUT2D eigenvalue weighted by Gasteiger charge is -2.34. The SMILES string of the molecule is CCOc1ccccc1N(CC(=O)N(Cc1c(Cl)cccc1Cl)[C@H](CC)C(=O)NC(C)C)S(=O)(=O)c1ccc(C)cc1. The van der Waals surface area contributed by atoms with Crippen LogP contribution in [0.5, 0.6) is 5.75 Å². The highest BCUT2D eigenvalue weighted by Crippen LogP contribution is 2.33. The zero-order chi connectivity index (χ0) is 31.0. The van der Waals surface area contributed by atoms with Crippen molar-refractivity contribution in [1.29, 1.82) is 0 Å². The molecule has 3 rings (SSSR count). The van der Waals surface area contributed by atoms with Gasteiger partial charge in [-0.1, -0.05) is 66.0 Å². The molecule has 0 saturated heterocycles. The predicted octanol–water partition coefficient (Wildman–Crippen LogP) is 6.23. The Labute approximate surface area is 258 Å². The fourth-order valence-corrected chi connectivity index (χ4v) is 6.39. The first kappa shape index (κ1) is 33.2. The summed E-state index contributed by atoms with van der Waals surface area (Å²) in [5.41, 5.74) is 1.53. The van der Waals surface area contributed by atoms with Crippen molar-refractivity contribution in [2.45, 2.75) is 64.6 Å². The average molecular weight is 635 g/mol. The number of rotatable bonds is 13. The van der Waals surface area contributed by atoms with Gasteiger partial charge in [0.25, 0.3) is 10.0 Å². The molecule has 0 aliphatic rings. The van der Waals surface area contributed by atoms with Gasteiger partial charge in [0.1, 0.15) is 18.3 Å². The number of amides is 2. The molecular formula is C31H37Cl2N3O5S. The number of carbonyl (C=O) groups is 2. The molecule has 0 aromatic heterocycles. The molecule has 2 amide bonds. The van der Waals surface area contributed by atoms with E-state index in [0.717, 1.165) is 9.87 Å². The van der Waals surface area contributed by atoms with Gasteiger partial charge in [-0.05, 0) is 70.5 Å². The molecular weight excluding hydrogens is 597 g/mol. The van der Waals surface area contributed by atoms with Gasteiger partial charge in [0.2, 0.25) is 11.8 Å². The number of carbonyl (C=O) groups excluding carboxylic acids is 2. The Balaban J connectivity index is 2.15. The normalized spacial score (nSPS) is 12.1. The van der Waals surface area contributed by atoms with E-state index in [1.165, 1.54) is 17.0 Å². The second kappa shape index (κ2) is 14.8. The quantitative estimate of drug-likeness (QED) is 0.241. The number of aryl methyl sites for hydroxylation is 1. The fraction of sp³-hybridized carbons (Fsp3) is 0.355.